The van der Waals surface area contributed by atoms with Crippen LogP contribution in [0.1, 0.15) is 25.3 Å². The van der Waals surface area contributed by atoms with Gasteiger partial charge >= 0.3 is 0 Å². The minimum absolute atomic E-state index is 0. The van der Waals surface area contributed by atoms with Gasteiger partial charge in [0.25, 0.3) is 0 Å². The van der Waals surface area contributed by atoms with Gasteiger partial charge in [-0.05, 0) is 31.7 Å². The molecule has 0 bridgehead atoms. The second-order valence-electron chi connectivity index (χ2n) is 4.69. The molecule has 2 N–H and O–H groups in total. The van der Waals surface area contributed by atoms with Crippen LogP contribution in [0.4, 0.5) is 0 Å². The van der Waals surface area contributed by atoms with Gasteiger partial charge in [-0.3, -0.25) is 4.79 Å². The molecule has 1 aromatic rings. The van der Waals surface area contributed by atoms with Crippen molar-refractivity contribution in [1.29, 1.82) is 0 Å². The molecule has 1 aromatic carbocycles. The van der Waals surface area contributed by atoms with E-state index in [0.717, 1.165) is 6.42 Å². The molecule has 2 rings (SSSR count). The summed E-state index contributed by atoms with van der Waals surface area (Å²) >= 11 is 0. The SMILES string of the molecule is CC(NC1CC1)C(=O)NCCc1ccccc1.Cl. The maximum atomic E-state index is 11.7. The van der Waals surface area contributed by atoms with E-state index in [1.165, 1.54) is 18.4 Å². The lowest BCUT2D eigenvalue weighted by molar-refractivity contribution is -0.122. The van der Waals surface area contributed by atoms with Gasteiger partial charge in [0.15, 0.2) is 0 Å². The zero-order chi connectivity index (χ0) is 12.1. The van der Waals surface area contributed by atoms with E-state index >= 15 is 0 Å². The summed E-state index contributed by atoms with van der Waals surface area (Å²) in [6.07, 6.45) is 3.31. The molecule has 1 amide bonds. The van der Waals surface area contributed by atoms with Gasteiger partial charge in [-0.1, -0.05) is 30.3 Å². The van der Waals surface area contributed by atoms with E-state index in [-0.39, 0.29) is 24.4 Å². The van der Waals surface area contributed by atoms with Crippen LogP contribution in [0, 0.1) is 0 Å². The Morgan fingerprint density at radius 2 is 2.00 bits per heavy atom. The Kier molecular flexibility index (Phi) is 6.16. The summed E-state index contributed by atoms with van der Waals surface area (Å²) < 4.78 is 0. The van der Waals surface area contributed by atoms with Crippen molar-refractivity contribution in [2.45, 2.75) is 38.3 Å². The molecule has 0 aliphatic heterocycles. The zero-order valence-electron chi connectivity index (χ0n) is 10.7. The molecule has 0 heterocycles. The van der Waals surface area contributed by atoms with Crippen LogP contribution >= 0.6 is 12.4 Å². The molecule has 1 aliphatic carbocycles. The Balaban J connectivity index is 0.00000162. The highest BCUT2D eigenvalue weighted by atomic mass is 35.5. The number of hydrogen-bond donors (Lipinski definition) is 2. The minimum Gasteiger partial charge on any atom is -0.354 e. The van der Waals surface area contributed by atoms with Crippen molar-refractivity contribution in [2.24, 2.45) is 0 Å². The first-order chi connectivity index (χ1) is 8.25. The standard InChI is InChI=1S/C14H20N2O.ClH/c1-11(16-13-7-8-13)14(17)15-10-9-12-5-3-2-4-6-12;/h2-6,11,13,16H,7-10H2,1H3,(H,15,17);1H. The van der Waals surface area contributed by atoms with E-state index in [2.05, 4.69) is 22.8 Å². The fraction of sp³-hybridized carbons (Fsp3) is 0.500. The number of nitrogens with one attached hydrogen (secondary N) is 2. The largest absolute Gasteiger partial charge is 0.354 e. The summed E-state index contributed by atoms with van der Waals surface area (Å²) in [7, 11) is 0. The molecule has 1 saturated carbocycles. The molecule has 18 heavy (non-hydrogen) atoms. The summed E-state index contributed by atoms with van der Waals surface area (Å²) in [5.74, 6) is 0.104. The molecular formula is C14H21ClN2O. The number of hydrogen-bond acceptors (Lipinski definition) is 2. The van der Waals surface area contributed by atoms with Crippen molar-refractivity contribution in [3.63, 3.8) is 0 Å². The van der Waals surface area contributed by atoms with Crippen molar-refractivity contribution >= 4 is 18.3 Å². The summed E-state index contributed by atoms with van der Waals surface area (Å²) in [6, 6.07) is 10.7. The second kappa shape index (κ2) is 7.39. The lowest BCUT2D eigenvalue weighted by Gasteiger charge is -2.13. The van der Waals surface area contributed by atoms with Gasteiger partial charge in [0.05, 0.1) is 6.04 Å². The zero-order valence-corrected chi connectivity index (χ0v) is 11.5. The van der Waals surface area contributed by atoms with E-state index in [1.807, 2.05) is 25.1 Å². The number of halogens is 1. The van der Waals surface area contributed by atoms with Crippen molar-refractivity contribution in [3.05, 3.63) is 35.9 Å². The topological polar surface area (TPSA) is 41.1 Å². The maximum Gasteiger partial charge on any atom is 0.236 e. The first kappa shape index (κ1) is 15.0. The predicted molar refractivity (Wildman–Crippen MR) is 76.0 cm³/mol. The third-order valence-electron chi connectivity index (χ3n) is 3.01. The quantitative estimate of drug-likeness (QED) is 0.828. The fourth-order valence-corrected chi connectivity index (χ4v) is 1.81. The van der Waals surface area contributed by atoms with Gasteiger partial charge in [0.1, 0.15) is 0 Å². The van der Waals surface area contributed by atoms with Crippen LogP contribution in [0.5, 0.6) is 0 Å². The van der Waals surface area contributed by atoms with Gasteiger partial charge in [0.2, 0.25) is 5.91 Å². The maximum absolute atomic E-state index is 11.7. The Morgan fingerprint density at radius 3 is 2.61 bits per heavy atom. The van der Waals surface area contributed by atoms with E-state index in [4.69, 9.17) is 0 Å². The lowest BCUT2D eigenvalue weighted by atomic mass is 10.1. The van der Waals surface area contributed by atoms with Gasteiger partial charge in [-0.2, -0.15) is 0 Å². The van der Waals surface area contributed by atoms with Crippen LogP contribution in [0.15, 0.2) is 30.3 Å². The van der Waals surface area contributed by atoms with Crippen molar-refractivity contribution < 1.29 is 4.79 Å². The summed E-state index contributed by atoms with van der Waals surface area (Å²) in [6.45, 7) is 2.63. The minimum atomic E-state index is -0.0710. The van der Waals surface area contributed by atoms with Crippen LogP contribution in [-0.4, -0.2) is 24.5 Å². The Morgan fingerprint density at radius 1 is 1.33 bits per heavy atom. The average Bonchev–Trinajstić information content (AvgIpc) is 3.14. The van der Waals surface area contributed by atoms with E-state index < -0.39 is 0 Å². The third kappa shape index (κ3) is 5.07. The number of carbonyl (C=O) groups is 1. The van der Waals surface area contributed by atoms with Crippen LogP contribution in [0.25, 0.3) is 0 Å². The van der Waals surface area contributed by atoms with E-state index in [0.29, 0.717) is 12.6 Å². The molecule has 4 heteroatoms. The average molecular weight is 269 g/mol. The highest BCUT2D eigenvalue weighted by Crippen LogP contribution is 2.19. The molecule has 0 radical (unpaired) electrons. The molecular weight excluding hydrogens is 248 g/mol. The van der Waals surface area contributed by atoms with Gasteiger partial charge in [-0.15, -0.1) is 12.4 Å². The van der Waals surface area contributed by atoms with Crippen LogP contribution in [-0.2, 0) is 11.2 Å². The highest BCUT2D eigenvalue weighted by Gasteiger charge is 2.25. The smallest absolute Gasteiger partial charge is 0.236 e. The van der Waals surface area contributed by atoms with Crippen LogP contribution in [0.2, 0.25) is 0 Å². The van der Waals surface area contributed by atoms with Gasteiger partial charge < -0.3 is 10.6 Å². The summed E-state index contributed by atoms with van der Waals surface area (Å²) in [5.41, 5.74) is 1.26. The normalized spacial score (nSPS) is 15.6. The number of benzene rings is 1. The fourth-order valence-electron chi connectivity index (χ4n) is 1.81. The Hall–Kier alpha value is -1.06. The van der Waals surface area contributed by atoms with Crippen molar-refractivity contribution in [1.82, 2.24) is 10.6 Å². The second-order valence-corrected chi connectivity index (χ2v) is 4.69. The van der Waals surface area contributed by atoms with Gasteiger partial charge in [0, 0.05) is 12.6 Å². The summed E-state index contributed by atoms with van der Waals surface area (Å²) in [5, 5.41) is 6.25. The molecule has 0 saturated heterocycles. The number of rotatable bonds is 6. The van der Waals surface area contributed by atoms with Crippen LogP contribution < -0.4 is 10.6 Å². The van der Waals surface area contributed by atoms with E-state index in [1.54, 1.807) is 0 Å². The summed E-state index contributed by atoms with van der Waals surface area (Å²) in [4.78, 5) is 11.7. The number of amides is 1. The van der Waals surface area contributed by atoms with Crippen molar-refractivity contribution in [2.75, 3.05) is 6.54 Å². The lowest BCUT2D eigenvalue weighted by Crippen LogP contribution is -2.43. The highest BCUT2D eigenvalue weighted by molar-refractivity contribution is 5.85. The first-order valence-corrected chi connectivity index (χ1v) is 6.33. The first-order valence-electron chi connectivity index (χ1n) is 6.33. The monoisotopic (exact) mass is 268 g/mol. The van der Waals surface area contributed by atoms with E-state index in [9.17, 15) is 4.79 Å². The number of carbonyl (C=O) groups excluding carboxylic acids is 1. The van der Waals surface area contributed by atoms with Crippen molar-refractivity contribution in [3.8, 4) is 0 Å². The molecule has 1 aliphatic rings. The molecule has 100 valence electrons. The molecule has 0 spiro atoms. The van der Waals surface area contributed by atoms with Gasteiger partial charge in [-0.25, -0.2) is 0 Å². The molecule has 3 nitrogen and oxygen atoms in total. The Bertz CT molecular complexity index is 365. The molecule has 1 unspecified atom stereocenters. The molecule has 0 aromatic heterocycles. The predicted octanol–water partition coefficient (Wildman–Crippen LogP) is 1.91. The Labute approximate surface area is 115 Å². The third-order valence-corrected chi connectivity index (χ3v) is 3.01. The molecule has 1 atom stereocenters. The van der Waals surface area contributed by atoms with Crippen LogP contribution in [0.3, 0.4) is 0 Å². The molecule has 1 fully saturated rings.